The average molecular weight is 470 g/mol. The molecule has 12 heteroatoms. The van der Waals surface area contributed by atoms with Crippen molar-refractivity contribution >= 4 is 34.4 Å². The van der Waals surface area contributed by atoms with Crippen LogP contribution in [0.3, 0.4) is 0 Å². The van der Waals surface area contributed by atoms with E-state index < -0.39 is 23.9 Å². The molecule has 1 aliphatic rings. The SMILES string of the molecule is Cc1nonc1CN1CCN(C(C(=O)O)c2c[nH]c3cc(NC(=O)CCC(=O)O)ccc23)CC1. The normalized spacial score (nSPS) is 15.9. The number of aromatic nitrogens is 3. The lowest BCUT2D eigenvalue weighted by Gasteiger charge is -2.37. The second-order valence-electron chi connectivity index (χ2n) is 8.30. The Kier molecular flexibility index (Phi) is 6.89. The highest BCUT2D eigenvalue weighted by Gasteiger charge is 2.32. The molecule has 4 rings (SSSR count). The summed E-state index contributed by atoms with van der Waals surface area (Å²) in [5, 5.41) is 29.9. The molecule has 0 aliphatic carbocycles. The van der Waals surface area contributed by atoms with Gasteiger partial charge >= 0.3 is 11.9 Å². The zero-order valence-corrected chi connectivity index (χ0v) is 18.7. The Morgan fingerprint density at radius 3 is 2.56 bits per heavy atom. The third-order valence-corrected chi connectivity index (χ3v) is 5.98. The van der Waals surface area contributed by atoms with E-state index >= 15 is 0 Å². The van der Waals surface area contributed by atoms with Gasteiger partial charge < -0.3 is 20.5 Å². The maximum absolute atomic E-state index is 12.3. The van der Waals surface area contributed by atoms with Crippen molar-refractivity contribution in [3.63, 3.8) is 0 Å². The van der Waals surface area contributed by atoms with E-state index in [1.807, 2.05) is 11.8 Å². The summed E-state index contributed by atoms with van der Waals surface area (Å²) in [7, 11) is 0. The maximum Gasteiger partial charge on any atom is 0.325 e. The first kappa shape index (κ1) is 23.4. The van der Waals surface area contributed by atoms with Gasteiger partial charge in [-0.3, -0.25) is 24.2 Å². The standard InChI is InChI=1S/C22H26N6O6/c1-13-18(26-34-25-13)12-27-6-8-28(9-7-27)21(22(32)33)16-11-23-17-10-14(2-3-15(16)17)24-19(29)4-5-20(30)31/h2-3,10-11,21,23H,4-9,12H2,1H3,(H,24,29)(H,30,31)(H,32,33). The number of amides is 1. The van der Waals surface area contributed by atoms with E-state index in [0.717, 1.165) is 16.8 Å². The third kappa shape index (κ3) is 5.24. The fourth-order valence-corrected chi connectivity index (χ4v) is 4.17. The second-order valence-corrected chi connectivity index (χ2v) is 8.30. The summed E-state index contributed by atoms with van der Waals surface area (Å²) in [6.45, 7) is 4.97. The highest BCUT2D eigenvalue weighted by molar-refractivity contribution is 5.96. The fraction of sp³-hybridized carbons (Fsp3) is 0.409. The molecule has 1 unspecified atom stereocenters. The molecule has 1 saturated heterocycles. The molecule has 0 radical (unpaired) electrons. The molecule has 2 aromatic heterocycles. The van der Waals surface area contributed by atoms with E-state index in [-0.39, 0.29) is 12.8 Å². The van der Waals surface area contributed by atoms with Gasteiger partial charge in [0.1, 0.15) is 17.4 Å². The number of nitrogens with zero attached hydrogens (tertiary/aromatic N) is 4. The van der Waals surface area contributed by atoms with Crippen LogP contribution in [0.5, 0.6) is 0 Å². The topological polar surface area (TPSA) is 165 Å². The van der Waals surface area contributed by atoms with Crippen molar-refractivity contribution in [2.24, 2.45) is 0 Å². The lowest BCUT2D eigenvalue weighted by Crippen LogP contribution is -2.48. The van der Waals surface area contributed by atoms with E-state index in [1.165, 1.54) is 0 Å². The molecule has 0 bridgehead atoms. The highest BCUT2D eigenvalue weighted by atomic mass is 16.6. The summed E-state index contributed by atoms with van der Waals surface area (Å²) < 4.78 is 4.75. The van der Waals surface area contributed by atoms with Crippen LogP contribution in [0.1, 0.15) is 35.8 Å². The molecule has 1 fully saturated rings. The lowest BCUT2D eigenvalue weighted by molar-refractivity contribution is -0.144. The second kappa shape index (κ2) is 10.0. The predicted molar refractivity (Wildman–Crippen MR) is 120 cm³/mol. The van der Waals surface area contributed by atoms with Crippen molar-refractivity contribution in [3.05, 3.63) is 41.3 Å². The smallest absolute Gasteiger partial charge is 0.325 e. The van der Waals surface area contributed by atoms with E-state index in [0.29, 0.717) is 49.5 Å². The average Bonchev–Trinajstić information content (AvgIpc) is 3.39. The van der Waals surface area contributed by atoms with E-state index in [2.05, 4.69) is 25.5 Å². The van der Waals surface area contributed by atoms with Crippen LogP contribution < -0.4 is 5.32 Å². The van der Waals surface area contributed by atoms with Gasteiger partial charge in [-0.05, 0) is 19.1 Å². The number of carbonyl (C=O) groups excluding carboxylic acids is 1. The van der Waals surface area contributed by atoms with Crippen molar-refractivity contribution in [1.29, 1.82) is 0 Å². The van der Waals surface area contributed by atoms with Crippen molar-refractivity contribution in [2.75, 3.05) is 31.5 Å². The number of aryl methyl sites for hydroxylation is 1. The molecule has 3 aromatic rings. The molecular weight excluding hydrogens is 444 g/mol. The van der Waals surface area contributed by atoms with Crippen LogP contribution in [-0.4, -0.2) is 79.3 Å². The molecule has 12 nitrogen and oxygen atoms in total. The van der Waals surface area contributed by atoms with Gasteiger partial charge in [-0.25, -0.2) is 4.63 Å². The number of benzene rings is 1. The summed E-state index contributed by atoms with van der Waals surface area (Å²) in [6.07, 6.45) is 1.32. The van der Waals surface area contributed by atoms with Crippen molar-refractivity contribution < 1.29 is 29.2 Å². The number of carbonyl (C=O) groups is 3. The fourth-order valence-electron chi connectivity index (χ4n) is 4.17. The summed E-state index contributed by atoms with van der Waals surface area (Å²) in [6, 6.07) is 4.34. The van der Waals surface area contributed by atoms with Crippen LogP contribution >= 0.6 is 0 Å². The van der Waals surface area contributed by atoms with Gasteiger partial charge in [0.05, 0.1) is 6.42 Å². The minimum atomic E-state index is -1.04. The first-order valence-electron chi connectivity index (χ1n) is 10.9. The van der Waals surface area contributed by atoms with Crippen LogP contribution in [0.4, 0.5) is 5.69 Å². The van der Waals surface area contributed by atoms with E-state index in [4.69, 9.17) is 9.74 Å². The van der Waals surface area contributed by atoms with Crippen molar-refractivity contribution in [1.82, 2.24) is 25.1 Å². The van der Waals surface area contributed by atoms with Gasteiger partial charge in [0, 0.05) is 67.5 Å². The minimum absolute atomic E-state index is 0.122. The van der Waals surface area contributed by atoms with Crippen LogP contribution in [0.15, 0.2) is 29.0 Å². The van der Waals surface area contributed by atoms with Crippen LogP contribution in [0.2, 0.25) is 0 Å². The summed E-state index contributed by atoms with van der Waals surface area (Å²) in [4.78, 5) is 42.0. The molecule has 0 saturated carbocycles. The Bertz CT molecular complexity index is 1200. The third-order valence-electron chi connectivity index (χ3n) is 5.98. The number of aromatic amines is 1. The molecule has 1 atom stereocenters. The van der Waals surface area contributed by atoms with Gasteiger partial charge in [0.2, 0.25) is 5.91 Å². The Balaban J connectivity index is 1.44. The Hall–Kier alpha value is -3.77. The van der Waals surface area contributed by atoms with Gasteiger partial charge in [0.25, 0.3) is 0 Å². The quantitative estimate of drug-likeness (QED) is 0.361. The number of nitrogens with one attached hydrogen (secondary N) is 2. The Morgan fingerprint density at radius 1 is 1.15 bits per heavy atom. The molecule has 1 aromatic carbocycles. The van der Waals surface area contributed by atoms with Crippen LogP contribution in [0, 0.1) is 6.92 Å². The molecule has 4 N–H and O–H groups in total. The lowest BCUT2D eigenvalue weighted by atomic mass is 10.0. The van der Waals surface area contributed by atoms with Gasteiger partial charge in [-0.2, -0.15) is 0 Å². The number of hydrogen-bond acceptors (Lipinski definition) is 8. The van der Waals surface area contributed by atoms with Gasteiger partial charge in [0.15, 0.2) is 0 Å². The number of carboxylic acid groups (broad SMARTS) is 2. The molecular formula is C22H26N6O6. The number of piperazine rings is 1. The number of fused-ring (bicyclic) bond motifs is 1. The number of rotatable bonds is 9. The van der Waals surface area contributed by atoms with E-state index in [1.54, 1.807) is 24.4 Å². The molecule has 180 valence electrons. The molecule has 1 aliphatic heterocycles. The molecule has 3 heterocycles. The largest absolute Gasteiger partial charge is 0.481 e. The predicted octanol–water partition coefficient (Wildman–Crippen LogP) is 1.61. The Morgan fingerprint density at radius 2 is 1.91 bits per heavy atom. The number of aliphatic carboxylic acids is 2. The molecule has 1 amide bonds. The van der Waals surface area contributed by atoms with Crippen molar-refractivity contribution in [3.8, 4) is 0 Å². The zero-order chi connectivity index (χ0) is 24.2. The van der Waals surface area contributed by atoms with Crippen LogP contribution in [0.25, 0.3) is 10.9 Å². The Labute approximate surface area is 194 Å². The number of anilines is 1. The maximum atomic E-state index is 12.3. The summed E-state index contributed by atoms with van der Waals surface area (Å²) in [5.74, 6) is -2.37. The molecule has 34 heavy (non-hydrogen) atoms. The van der Waals surface area contributed by atoms with Gasteiger partial charge in [-0.1, -0.05) is 16.4 Å². The monoisotopic (exact) mass is 470 g/mol. The number of H-pyrrole nitrogens is 1. The summed E-state index contributed by atoms with van der Waals surface area (Å²) >= 11 is 0. The number of hydrogen-bond donors (Lipinski definition) is 4. The van der Waals surface area contributed by atoms with Gasteiger partial charge in [-0.15, -0.1) is 0 Å². The first-order chi connectivity index (χ1) is 16.3. The van der Waals surface area contributed by atoms with Crippen LogP contribution in [-0.2, 0) is 20.9 Å². The van der Waals surface area contributed by atoms with Crippen molar-refractivity contribution in [2.45, 2.75) is 32.4 Å². The molecule has 0 spiro atoms. The highest BCUT2D eigenvalue weighted by Crippen LogP contribution is 2.31. The zero-order valence-electron chi connectivity index (χ0n) is 18.7. The first-order valence-corrected chi connectivity index (χ1v) is 10.9. The van der Waals surface area contributed by atoms with E-state index in [9.17, 15) is 19.5 Å². The summed E-state index contributed by atoms with van der Waals surface area (Å²) in [5.41, 5.74) is 3.38. The number of carboxylic acids is 2. The minimum Gasteiger partial charge on any atom is -0.481 e.